The lowest BCUT2D eigenvalue weighted by Gasteiger charge is -2.03. The second-order valence-corrected chi connectivity index (χ2v) is 4.91. The number of fused-ring (bicyclic) bond motifs is 1. The number of aromatic hydroxyl groups is 1. The molecule has 2 aromatic rings. The fourth-order valence-corrected chi connectivity index (χ4v) is 3.07. The highest BCUT2D eigenvalue weighted by Crippen LogP contribution is 2.31. The van der Waals surface area contributed by atoms with Crippen molar-refractivity contribution >= 4 is 79.1 Å². The minimum absolute atomic E-state index is 0. The summed E-state index contributed by atoms with van der Waals surface area (Å²) in [5.41, 5.74) is 0.679. The number of nitrogens with zero attached hydrogens (tertiary/aromatic N) is 1. The maximum absolute atomic E-state index is 9.71. The van der Waals surface area contributed by atoms with E-state index in [0.717, 1.165) is 12.5 Å². The molecule has 1 N–H and O–H groups in total. The Hall–Kier alpha value is 0.656. The van der Waals surface area contributed by atoms with Crippen molar-refractivity contribution in [2.75, 3.05) is 0 Å². The molecule has 0 radical (unpaired) electrons. The van der Waals surface area contributed by atoms with Crippen LogP contribution in [-0.4, -0.2) is 33.1 Å². The van der Waals surface area contributed by atoms with Crippen LogP contribution in [-0.2, 0) is 0 Å². The Bertz CT molecular complexity index is 476. The van der Waals surface area contributed by atoms with Gasteiger partial charge >= 0.3 is 23.1 Å². The number of halogens is 2. The van der Waals surface area contributed by atoms with Gasteiger partial charge in [0.2, 0.25) is 0 Å². The van der Waals surface area contributed by atoms with Crippen LogP contribution in [0.15, 0.2) is 24.4 Å². The number of aromatic nitrogens is 1. The second kappa shape index (κ2) is 5.13. The Kier molecular flexibility index (Phi) is 4.66. The van der Waals surface area contributed by atoms with Crippen molar-refractivity contribution in [3.8, 4) is 5.75 Å². The van der Waals surface area contributed by atoms with Gasteiger partial charge in [-0.3, -0.25) is 4.98 Å². The first-order valence-electron chi connectivity index (χ1n) is 3.62. The van der Waals surface area contributed by atoms with Gasteiger partial charge in [0.15, 0.2) is 5.75 Å². The van der Waals surface area contributed by atoms with Crippen LogP contribution in [0.1, 0.15) is 0 Å². The number of hydrogen-bond acceptors (Lipinski definition) is 2. The standard InChI is InChI=1S/C9H5I2NO.Mg.2H/c10-6-4-7(11)9(13)8-5(6)2-1-3-12-8;;;/h1-4,13H;;;. The van der Waals surface area contributed by atoms with E-state index in [1.54, 1.807) is 6.20 Å². The molecule has 14 heavy (non-hydrogen) atoms. The second-order valence-electron chi connectivity index (χ2n) is 2.59. The SMILES string of the molecule is Oc1c(I)cc(I)c2cccnc12.[MgH2]. The molecule has 1 heterocycles. The topological polar surface area (TPSA) is 33.1 Å². The summed E-state index contributed by atoms with van der Waals surface area (Å²) in [6, 6.07) is 5.77. The molecule has 0 saturated heterocycles. The molecule has 1 aromatic heterocycles. The predicted octanol–water partition coefficient (Wildman–Crippen LogP) is 2.23. The fourth-order valence-electron chi connectivity index (χ4n) is 1.16. The molecule has 2 rings (SSSR count). The van der Waals surface area contributed by atoms with E-state index in [4.69, 9.17) is 0 Å². The van der Waals surface area contributed by atoms with Crippen LogP contribution in [0.5, 0.6) is 5.75 Å². The Morgan fingerprint density at radius 3 is 2.64 bits per heavy atom. The summed E-state index contributed by atoms with van der Waals surface area (Å²) in [6.45, 7) is 0. The van der Waals surface area contributed by atoms with Gasteiger partial charge in [0, 0.05) is 15.2 Å². The van der Waals surface area contributed by atoms with Crippen molar-refractivity contribution < 1.29 is 5.11 Å². The lowest BCUT2D eigenvalue weighted by molar-refractivity contribution is 0.476. The quantitative estimate of drug-likeness (QED) is 0.521. The van der Waals surface area contributed by atoms with Crippen LogP contribution in [0.2, 0.25) is 0 Å². The number of phenolic OH excluding ortho intramolecular Hbond substituents is 1. The van der Waals surface area contributed by atoms with Crippen molar-refractivity contribution in [2.24, 2.45) is 0 Å². The highest BCUT2D eigenvalue weighted by Gasteiger charge is 2.07. The molecule has 0 aliphatic carbocycles. The van der Waals surface area contributed by atoms with E-state index in [1.165, 1.54) is 0 Å². The van der Waals surface area contributed by atoms with E-state index >= 15 is 0 Å². The summed E-state index contributed by atoms with van der Waals surface area (Å²) in [7, 11) is 0. The lowest BCUT2D eigenvalue weighted by atomic mass is 10.2. The van der Waals surface area contributed by atoms with Gasteiger partial charge in [-0.2, -0.15) is 0 Å². The molecule has 0 fully saturated rings. The minimum atomic E-state index is 0. The lowest BCUT2D eigenvalue weighted by Crippen LogP contribution is -1.85. The summed E-state index contributed by atoms with van der Waals surface area (Å²) in [5, 5.41) is 10.7. The number of hydrogen-bond donors (Lipinski definition) is 1. The third-order valence-corrected chi connectivity index (χ3v) is 3.48. The van der Waals surface area contributed by atoms with Gasteiger partial charge in [-0.15, -0.1) is 0 Å². The molecule has 1 aromatic carbocycles. The largest absolute Gasteiger partial charge is 0.505 e. The van der Waals surface area contributed by atoms with Crippen LogP contribution < -0.4 is 0 Å². The Morgan fingerprint density at radius 1 is 1.21 bits per heavy atom. The van der Waals surface area contributed by atoms with Crippen molar-refractivity contribution in [3.63, 3.8) is 0 Å². The first kappa shape index (κ1) is 12.7. The number of benzene rings is 1. The summed E-state index contributed by atoms with van der Waals surface area (Å²) in [5.74, 6) is 0.275. The summed E-state index contributed by atoms with van der Waals surface area (Å²) in [6.07, 6.45) is 1.69. The first-order chi connectivity index (χ1) is 6.20. The van der Waals surface area contributed by atoms with E-state index in [1.807, 2.05) is 18.2 Å². The van der Waals surface area contributed by atoms with E-state index in [2.05, 4.69) is 50.2 Å². The number of phenols is 1. The van der Waals surface area contributed by atoms with Crippen molar-refractivity contribution in [3.05, 3.63) is 31.5 Å². The highest BCUT2D eigenvalue weighted by atomic mass is 127. The summed E-state index contributed by atoms with van der Waals surface area (Å²) >= 11 is 4.35. The van der Waals surface area contributed by atoms with E-state index in [0.29, 0.717) is 5.52 Å². The van der Waals surface area contributed by atoms with Crippen LogP contribution in [0.25, 0.3) is 10.9 Å². The fraction of sp³-hybridized carbons (Fsp3) is 0. The zero-order chi connectivity index (χ0) is 9.42. The maximum atomic E-state index is 9.71. The number of rotatable bonds is 0. The zero-order valence-electron chi connectivity index (χ0n) is 6.46. The number of pyridine rings is 1. The van der Waals surface area contributed by atoms with E-state index < -0.39 is 0 Å². The zero-order valence-corrected chi connectivity index (χ0v) is 10.8. The van der Waals surface area contributed by atoms with Crippen LogP contribution in [0.3, 0.4) is 0 Å². The molecule has 0 amide bonds. The van der Waals surface area contributed by atoms with Crippen molar-refractivity contribution in [1.29, 1.82) is 0 Å². The van der Waals surface area contributed by atoms with Gasteiger partial charge in [-0.25, -0.2) is 0 Å². The monoisotopic (exact) mass is 423 g/mol. The molecule has 0 spiro atoms. The molecular weight excluding hydrogens is 416 g/mol. The third kappa shape index (κ3) is 2.25. The molecular formula is C9H7I2MgNO. The molecule has 70 valence electrons. The van der Waals surface area contributed by atoms with Gasteiger partial charge in [-0.05, 0) is 57.3 Å². The Morgan fingerprint density at radius 2 is 1.93 bits per heavy atom. The minimum Gasteiger partial charge on any atom is -0.505 e. The molecule has 0 saturated carbocycles. The van der Waals surface area contributed by atoms with Gasteiger partial charge in [0.1, 0.15) is 5.52 Å². The van der Waals surface area contributed by atoms with Crippen LogP contribution in [0, 0.1) is 7.14 Å². The average molecular weight is 423 g/mol. The van der Waals surface area contributed by atoms with Crippen LogP contribution in [0.4, 0.5) is 0 Å². The Balaban J connectivity index is 0.000000980. The first-order valence-corrected chi connectivity index (χ1v) is 5.77. The average Bonchev–Trinajstić information content (AvgIpc) is 2.15. The van der Waals surface area contributed by atoms with E-state index in [9.17, 15) is 5.11 Å². The molecule has 0 unspecified atom stereocenters. The molecule has 0 atom stereocenters. The highest BCUT2D eigenvalue weighted by molar-refractivity contribution is 14.1. The van der Waals surface area contributed by atoms with Gasteiger partial charge in [0.25, 0.3) is 0 Å². The molecule has 5 heteroatoms. The van der Waals surface area contributed by atoms with Gasteiger partial charge in [-0.1, -0.05) is 6.07 Å². The van der Waals surface area contributed by atoms with Crippen molar-refractivity contribution in [1.82, 2.24) is 4.98 Å². The third-order valence-electron chi connectivity index (χ3n) is 1.77. The Labute approximate surface area is 125 Å². The maximum Gasteiger partial charge on any atom is 0.316 e. The van der Waals surface area contributed by atoms with Crippen LogP contribution >= 0.6 is 45.2 Å². The normalized spacial score (nSPS) is 9.86. The molecule has 0 bridgehead atoms. The predicted molar refractivity (Wildman–Crippen MR) is 77.4 cm³/mol. The summed E-state index contributed by atoms with van der Waals surface area (Å²) in [4.78, 5) is 4.14. The molecule has 2 nitrogen and oxygen atoms in total. The van der Waals surface area contributed by atoms with Crippen molar-refractivity contribution in [2.45, 2.75) is 0 Å². The van der Waals surface area contributed by atoms with Gasteiger partial charge < -0.3 is 5.11 Å². The van der Waals surface area contributed by atoms with Gasteiger partial charge in [0.05, 0.1) is 3.57 Å². The van der Waals surface area contributed by atoms with E-state index in [-0.39, 0.29) is 28.8 Å². The molecule has 0 aliphatic rings. The molecule has 0 aliphatic heterocycles. The summed E-state index contributed by atoms with van der Waals surface area (Å²) < 4.78 is 1.95. The smallest absolute Gasteiger partial charge is 0.316 e.